The van der Waals surface area contributed by atoms with E-state index in [4.69, 9.17) is 0 Å². The first-order chi connectivity index (χ1) is 7.34. The zero-order chi connectivity index (χ0) is 10.3. The summed E-state index contributed by atoms with van der Waals surface area (Å²) >= 11 is 0. The summed E-state index contributed by atoms with van der Waals surface area (Å²) in [5.74, 6) is 1.44. The molecule has 1 aromatic carbocycles. The van der Waals surface area contributed by atoms with Crippen LogP contribution in [0.5, 0.6) is 0 Å². The van der Waals surface area contributed by atoms with Gasteiger partial charge in [0.05, 0.1) is 0 Å². The van der Waals surface area contributed by atoms with Gasteiger partial charge in [-0.2, -0.15) is 0 Å². The van der Waals surface area contributed by atoms with Crippen molar-refractivity contribution in [1.82, 2.24) is 0 Å². The van der Waals surface area contributed by atoms with Gasteiger partial charge in [-0.15, -0.1) is 0 Å². The van der Waals surface area contributed by atoms with E-state index in [2.05, 4.69) is 18.2 Å². The van der Waals surface area contributed by atoms with E-state index in [9.17, 15) is 4.79 Å². The summed E-state index contributed by atoms with van der Waals surface area (Å²) in [4.78, 5) is 12.0. The standard InChI is InChI=1S/C14H16O/c15-14(8-10-4-3-5-10)13-9-11-6-1-2-7-12(11)13/h1-2,6-7,10,13H,3-5,8-9H2. The van der Waals surface area contributed by atoms with Gasteiger partial charge in [-0.05, 0) is 23.5 Å². The van der Waals surface area contributed by atoms with Gasteiger partial charge >= 0.3 is 0 Å². The van der Waals surface area contributed by atoms with Crippen molar-refractivity contribution in [1.29, 1.82) is 0 Å². The molecule has 1 aromatic rings. The summed E-state index contributed by atoms with van der Waals surface area (Å²) in [5.41, 5.74) is 2.67. The Kier molecular flexibility index (Phi) is 2.12. The van der Waals surface area contributed by atoms with E-state index in [1.54, 1.807) is 0 Å². The highest BCUT2D eigenvalue weighted by Crippen LogP contribution is 2.39. The molecule has 0 bridgehead atoms. The maximum absolute atomic E-state index is 12.0. The largest absolute Gasteiger partial charge is 0.299 e. The molecule has 1 unspecified atom stereocenters. The van der Waals surface area contributed by atoms with Crippen molar-refractivity contribution < 1.29 is 4.79 Å². The summed E-state index contributed by atoms with van der Waals surface area (Å²) in [6.45, 7) is 0. The van der Waals surface area contributed by atoms with Crippen molar-refractivity contribution in [3.8, 4) is 0 Å². The highest BCUT2D eigenvalue weighted by molar-refractivity contribution is 5.88. The summed E-state index contributed by atoms with van der Waals surface area (Å²) in [6.07, 6.45) is 5.71. The molecule has 0 spiro atoms. The van der Waals surface area contributed by atoms with Crippen LogP contribution in [0.1, 0.15) is 42.7 Å². The van der Waals surface area contributed by atoms with Gasteiger partial charge in [0.2, 0.25) is 0 Å². The van der Waals surface area contributed by atoms with Crippen molar-refractivity contribution in [2.24, 2.45) is 5.92 Å². The zero-order valence-electron chi connectivity index (χ0n) is 8.91. The van der Waals surface area contributed by atoms with Crippen LogP contribution in [-0.2, 0) is 11.2 Å². The molecule has 0 heterocycles. The molecule has 0 radical (unpaired) electrons. The maximum Gasteiger partial charge on any atom is 0.140 e. The zero-order valence-corrected chi connectivity index (χ0v) is 8.91. The number of Topliss-reactive ketones (excluding diaryl/α,β-unsaturated/α-hetero) is 1. The van der Waals surface area contributed by atoms with E-state index >= 15 is 0 Å². The molecule has 2 aliphatic rings. The highest BCUT2D eigenvalue weighted by Gasteiger charge is 2.33. The fourth-order valence-corrected chi connectivity index (χ4v) is 2.67. The summed E-state index contributed by atoms with van der Waals surface area (Å²) < 4.78 is 0. The number of benzene rings is 1. The Balaban J connectivity index is 1.67. The lowest BCUT2D eigenvalue weighted by molar-refractivity contribution is -0.122. The highest BCUT2D eigenvalue weighted by atomic mass is 16.1. The molecule has 1 atom stereocenters. The van der Waals surface area contributed by atoms with Crippen molar-refractivity contribution in [3.05, 3.63) is 35.4 Å². The SMILES string of the molecule is O=C(CC1CCC1)C1Cc2ccccc21. The van der Waals surface area contributed by atoms with Crippen molar-refractivity contribution in [3.63, 3.8) is 0 Å². The molecule has 2 aliphatic carbocycles. The molecule has 1 heteroatoms. The third-order valence-electron chi connectivity index (χ3n) is 3.96. The monoisotopic (exact) mass is 200 g/mol. The molecule has 0 saturated heterocycles. The molecule has 1 fully saturated rings. The van der Waals surface area contributed by atoms with E-state index in [1.807, 2.05) is 6.07 Å². The number of ketones is 1. The maximum atomic E-state index is 12.0. The second kappa shape index (κ2) is 3.48. The lowest BCUT2D eigenvalue weighted by Gasteiger charge is -2.32. The Morgan fingerprint density at radius 1 is 1.27 bits per heavy atom. The fourth-order valence-electron chi connectivity index (χ4n) is 2.67. The predicted molar refractivity (Wildman–Crippen MR) is 59.9 cm³/mol. The minimum atomic E-state index is 0.238. The number of hydrogen-bond donors (Lipinski definition) is 0. The Labute approximate surface area is 90.5 Å². The van der Waals surface area contributed by atoms with Gasteiger partial charge in [0.1, 0.15) is 5.78 Å². The first kappa shape index (κ1) is 9.14. The van der Waals surface area contributed by atoms with E-state index < -0.39 is 0 Å². The third-order valence-corrected chi connectivity index (χ3v) is 3.96. The summed E-state index contributed by atoms with van der Waals surface area (Å²) in [5, 5.41) is 0. The van der Waals surface area contributed by atoms with E-state index in [0.29, 0.717) is 11.7 Å². The van der Waals surface area contributed by atoms with E-state index in [-0.39, 0.29) is 5.92 Å². The minimum Gasteiger partial charge on any atom is -0.299 e. The van der Waals surface area contributed by atoms with Crippen LogP contribution in [0.3, 0.4) is 0 Å². The van der Waals surface area contributed by atoms with Crippen LogP contribution in [-0.4, -0.2) is 5.78 Å². The average molecular weight is 200 g/mol. The summed E-state index contributed by atoms with van der Waals surface area (Å²) in [7, 11) is 0. The molecule has 78 valence electrons. The second-order valence-corrected chi connectivity index (χ2v) is 4.92. The predicted octanol–water partition coefficient (Wildman–Crippen LogP) is 3.09. The number of rotatable bonds is 3. The second-order valence-electron chi connectivity index (χ2n) is 4.92. The Hall–Kier alpha value is -1.11. The molecule has 15 heavy (non-hydrogen) atoms. The molecule has 3 rings (SSSR count). The van der Waals surface area contributed by atoms with Crippen LogP contribution < -0.4 is 0 Å². The lowest BCUT2D eigenvalue weighted by Crippen LogP contribution is -2.28. The lowest BCUT2D eigenvalue weighted by atomic mass is 9.71. The Morgan fingerprint density at radius 3 is 2.73 bits per heavy atom. The van der Waals surface area contributed by atoms with Gasteiger partial charge < -0.3 is 0 Å². The van der Waals surface area contributed by atoms with Crippen LogP contribution in [0, 0.1) is 5.92 Å². The number of carbonyl (C=O) groups is 1. The molecule has 0 amide bonds. The van der Waals surface area contributed by atoms with Crippen LogP contribution in [0.15, 0.2) is 24.3 Å². The normalized spacial score (nSPS) is 23.9. The molecule has 1 saturated carbocycles. The first-order valence-electron chi connectivity index (χ1n) is 5.95. The Bertz CT molecular complexity index is 390. The van der Waals surface area contributed by atoms with Crippen LogP contribution >= 0.6 is 0 Å². The van der Waals surface area contributed by atoms with Gasteiger partial charge in [0.25, 0.3) is 0 Å². The van der Waals surface area contributed by atoms with Gasteiger partial charge in [0, 0.05) is 12.3 Å². The van der Waals surface area contributed by atoms with Crippen LogP contribution in [0.4, 0.5) is 0 Å². The molecular weight excluding hydrogens is 184 g/mol. The first-order valence-corrected chi connectivity index (χ1v) is 5.95. The van der Waals surface area contributed by atoms with Crippen molar-refractivity contribution in [2.75, 3.05) is 0 Å². The minimum absolute atomic E-state index is 0.238. The van der Waals surface area contributed by atoms with Gasteiger partial charge in [-0.25, -0.2) is 0 Å². The van der Waals surface area contributed by atoms with Crippen LogP contribution in [0.2, 0.25) is 0 Å². The van der Waals surface area contributed by atoms with Gasteiger partial charge in [-0.3, -0.25) is 4.79 Å². The van der Waals surface area contributed by atoms with E-state index in [1.165, 1.54) is 30.4 Å². The molecule has 0 aliphatic heterocycles. The van der Waals surface area contributed by atoms with Crippen LogP contribution in [0.25, 0.3) is 0 Å². The number of fused-ring (bicyclic) bond motifs is 1. The Morgan fingerprint density at radius 2 is 2.07 bits per heavy atom. The van der Waals surface area contributed by atoms with E-state index in [0.717, 1.165) is 12.8 Å². The number of carbonyl (C=O) groups excluding carboxylic acids is 1. The smallest absolute Gasteiger partial charge is 0.140 e. The van der Waals surface area contributed by atoms with Gasteiger partial charge in [0.15, 0.2) is 0 Å². The fraction of sp³-hybridized carbons (Fsp3) is 0.500. The van der Waals surface area contributed by atoms with Crippen molar-refractivity contribution in [2.45, 2.75) is 38.0 Å². The number of hydrogen-bond acceptors (Lipinski definition) is 1. The molecule has 1 nitrogen and oxygen atoms in total. The van der Waals surface area contributed by atoms with Crippen molar-refractivity contribution >= 4 is 5.78 Å². The quantitative estimate of drug-likeness (QED) is 0.732. The van der Waals surface area contributed by atoms with Gasteiger partial charge in [-0.1, -0.05) is 43.5 Å². The summed E-state index contributed by atoms with van der Waals surface area (Å²) in [6, 6.07) is 8.36. The molecular formula is C14H16O. The third kappa shape index (κ3) is 1.50. The topological polar surface area (TPSA) is 17.1 Å². The average Bonchev–Trinajstić information content (AvgIpc) is 2.14. The molecule has 0 N–H and O–H groups in total. The molecule has 0 aromatic heterocycles.